The van der Waals surface area contributed by atoms with Crippen LogP contribution in [0.25, 0.3) is 0 Å². The summed E-state index contributed by atoms with van der Waals surface area (Å²) in [5, 5.41) is 8.07. The molecule has 24 heavy (non-hydrogen) atoms. The van der Waals surface area contributed by atoms with Crippen molar-refractivity contribution in [3.05, 3.63) is 54.4 Å². The van der Waals surface area contributed by atoms with Gasteiger partial charge < -0.3 is 16.0 Å². The molecule has 1 aliphatic heterocycles. The zero-order chi connectivity index (χ0) is 16.9. The van der Waals surface area contributed by atoms with E-state index in [1.54, 1.807) is 42.6 Å². The molecule has 1 unspecified atom stereocenters. The second-order valence-corrected chi connectivity index (χ2v) is 5.39. The molecular weight excluding hydrogens is 308 g/mol. The Morgan fingerprint density at radius 2 is 2.00 bits per heavy atom. The van der Waals surface area contributed by atoms with Crippen molar-refractivity contribution >= 4 is 29.1 Å². The maximum absolute atomic E-state index is 12.2. The average Bonchev–Trinajstić information content (AvgIpc) is 2.71. The summed E-state index contributed by atoms with van der Waals surface area (Å²) in [6.45, 7) is 0. The first-order chi connectivity index (χ1) is 11.6. The minimum atomic E-state index is -0.760. The zero-order valence-corrected chi connectivity index (χ0v) is 12.8. The van der Waals surface area contributed by atoms with Gasteiger partial charge in [0.25, 0.3) is 5.91 Å². The number of hydrogen-bond donors (Lipinski definition) is 3. The lowest BCUT2D eigenvalue weighted by molar-refractivity contribution is -0.118. The highest BCUT2D eigenvalue weighted by Gasteiger charge is 2.27. The summed E-state index contributed by atoms with van der Waals surface area (Å²) in [5.74, 6) is -0.907. The van der Waals surface area contributed by atoms with Gasteiger partial charge in [0, 0.05) is 12.6 Å². The SMILES string of the molecule is O=C(CCC1NC(=O)c2ccccc2NC1=O)Nc1cccnc1. The van der Waals surface area contributed by atoms with Crippen LogP contribution >= 0.6 is 0 Å². The van der Waals surface area contributed by atoms with Gasteiger partial charge in [-0.3, -0.25) is 19.4 Å². The van der Waals surface area contributed by atoms with E-state index in [0.717, 1.165) is 0 Å². The van der Waals surface area contributed by atoms with Gasteiger partial charge in [-0.2, -0.15) is 0 Å². The number of anilines is 2. The van der Waals surface area contributed by atoms with Crippen LogP contribution in [0.15, 0.2) is 48.8 Å². The third kappa shape index (κ3) is 3.57. The highest BCUT2D eigenvalue weighted by molar-refractivity contribution is 6.09. The normalized spacial score (nSPS) is 16.4. The second-order valence-electron chi connectivity index (χ2n) is 5.39. The summed E-state index contributed by atoms with van der Waals surface area (Å²) in [6.07, 6.45) is 3.45. The van der Waals surface area contributed by atoms with E-state index in [2.05, 4.69) is 20.9 Å². The van der Waals surface area contributed by atoms with Gasteiger partial charge in [0.2, 0.25) is 11.8 Å². The molecule has 0 saturated carbocycles. The van der Waals surface area contributed by atoms with Gasteiger partial charge in [0.05, 0.1) is 23.1 Å². The van der Waals surface area contributed by atoms with E-state index in [4.69, 9.17) is 0 Å². The highest BCUT2D eigenvalue weighted by atomic mass is 16.2. The number of pyridine rings is 1. The van der Waals surface area contributed by atoms with Crippen LogP contribution in [0.1, 0.15) is 23.2 Å². The van der Waals surface area contributed by atoms with Crippen molar-refractivity contribution in [1.82, 2.24) is 10.3 Å². The average molecular weight is 324 g/mol. The molecule has 3 N–H and O–H groups in total. The number of amides is 3. The van der Waals surface area contributed by atoms with Crippen molar-refractivity contribution in [3.63, 3.8) is 0 Å². The van der Waals surface area contributed by atoms with Crippen LogP contribution in [0.5, 0.6) is 0 Å². The largest absolute Gasteiger partial charge is 0.340 e. The first-order valence-corrected chi connectivity index (χ1v) is 7.54. The van der Waals surface area contributed by atoms with E-state index in [0.29, 0.717) is 16.9 Å². The second kappa shape index (κ2) is 6.91. The Labute approximate surface area is 138 Å². The van der Waals surface area contributed by atoms with Crippen LogP contribution in [0.2, 0.25) is 0 Å². The number of benzene rings is 1. The molecule has 0 saturated heterocycles. The van der Waals surface area contributed by atoms with Gasteiger partial charge in [0.1, 0.15) is 6.04 Å². The molecule has 1 aliphatic rings. The van der Waals surface area contributed by atoms with Gasteiger partial charge in [-0.05, 0) is 30.7 Å². The van der Waals surface area contributed by atoms with Gasteiger partial charge >= 0.3 is 0 Å². The van der Waals surface area contributed by atoms with E-state index in [1.165, 1.54) is 6.20 Å². The minimum absolute atomic E-state index is 0.101. The molecule has 2 heterocycles. The van der Waals surface area contributed by atoms with Crippen LogP contribution in [0, 0.1) is 0 Å². The van der Waals surface area contributed by atoms with Gasteiger partial charge in [-0.25, -0.2) is 0 Å². The molecule has 3 amide bonds. The number of rotatable bonds is 4. The zero-order valence-electron chi connectivity index (χ0n) is 12.8. The van der Waals surface area contributed by atoms with Crippen LogP contribution in [-0.2, 0) is 9.59 Å². The molecule has 1 aromatic carbocycles. The van der Waals surface area contributed by atoms with Crippen LogP contribution in [0.3, 0.4) is 0 Å². The van der Waals surface area contributed by atoms with Crippen LogP contribution < -0.4 is 16.0 Å². The first-order valence-electron chi connectivity index (χ1n) is 7.54. The monoisotopic (exact) mass is 324 g/mol. The number of para-hydroxylation sites is 1. The third-order valence-corrected chi connectivity index (χ3v) is 3.66. The number of carbonyl (C=O) groups excluding carboxylic acids is 3. The number of hydrogen-bond acceptors (Lipinski definition) is 4. The van der Waals surface area contributed by atoms with E-state index in [9.17, 15) is 14.4 Å². The smallest absolute Gasteiger partial charge is 0.254 e. The predicted octanol–water partition coefficient (Wildman–Crippen LogP) is 1.55. The standard InChI is InChI=1S/C17H16N4O3/c22-15(19-11-4-3-9-18-10-11)8-7-14-17(24)20-13-6-2-1-5-12(13)16(23)21-14/h1-6,9-10,14H,7-8H2,(H,19,22)(H,20,24)(H,21,23). The van der Waals surface area contributed by atoms with Crippen molar-refractivity contribution in [2.45, 2.75) is 18.9 Å². The predicted molar refractivity (Wildman–Crippen MR) is 88.4 cm³/mol. The molecule has 1 atom stereocenters. The Balaban J connectivity index is 1.61. The lowest BCUT2D eigenvalue weighted by atomic mass is 10.1. The Bertz CT molecular complexity index is 776. The Morgan fingerprint density at radius 3 is 2.79 bits per heavy atom. The topological polar surface area (TPSA) is 100 Å². The maximum atomic E-state index is 12.2. The van der Waals surface area contributed by atoms with E-state index in [1.807, 2.05) is 0 Å². The summed E-state index contributed by atoms with van der Waals surface area (Å²) in [7, 11) is 0. The number of fused-ring (bicyclic) bond motifs is 1. The molecule has 0 bridgehead atoms. The van der Waals surface area contributed by atoms with Crippen molar-refractivity contribution in [1.29, 1.82) is 0 Å². The van der Waals surface area contributed by atoms with E-state index >= 15 is 0 Å². The van der Waals surface area contributed by atoms with E-state index in [-0.39, 0.29) is 30.6 Å². The molecule has 0 fully saturated rings. The van der Waals surface area contributed by atoms with Gasteiger partial charge in [-0.15, -0.1) is 0 Å². The molecule has 0 aliphatic carbocycles. The molecule has 0 spiro atoms. The molecule has 0 radical (unpaired) electrons. The molecule has 7 nitrogen and oxygen atoms in total. The fraction of sp³-hybridized carbons (Fsp3) is 0.176. The highest BCUT2D eigenvalue weighted by Crippen LogP contribution is 2.19. The quantitative estimate of drug-likeness (QED) is 0.794. The summed E-state index contributed by atoms with van der Waals surface area (Å²) >= 11 is 0. The fourth-order valence-corrected chi connectivity index (χ4v) is 2.45. The minimum Gasteiger partial charge on any atom is -0.340 e. The molecule has 2 aromatic rings. The molecular formula is C17H16N4O3. The fourth-order valence-electron chi connectivity index (χ4n) is 2.45. The van der Waals surface area contributed by atoms with Gasteiger partial charge in [0.15, 0.2) is 0 Å². The lowest BCUT2D eigenvalue weighted by Crippen LogP contribution is -2.41. The molecule has 122 valence electrons. The summed E-state index contributed by atoms with van der Waals surface area (Å²) in [5.41, 5.74) is 1.47. The van der Waals surface area contributed by atoms with Gasteiger partial charge in [-0.1, -0.05) is 12.1 Å². The van der Waals surface area contributed by atoms with Crippen molar-refractivity contribution < 1.29 is 14.4 Å². The Hall–Kier alpha value is -3.22. The first kappa shape index (κ1) is 15.7. The number of nitrogens with zero attached hydrogens (tertiary/aromatic N) is 1. The lowest BCUT2D eigenvalue weighted by Gasteiger charge is -2.14. The van der Waals surface area contributed by atoms with Crippen molar-refractivity contribution in [2.75, 3.05) is 10.6 Å². The number of nitrogens with one attached hydrogen (secondary N) is 3. The van der Waals surface area contributed by atoms with Crippen molar-refractivity contribution in [2.24, 2.45) is 0 Å². The van der Waals surface area contributed by atoms with Crippen LogP contribution in [0.4, 0.5) is 11.4 Å². The van der Waals surface area contributed by atoms with E-state index < -0.39 is 6.04 Å². The number of aromatic nitrogens is 1. The molecule has 3 rings (SSSR count). The van der Waals surface area contributed by atoms with Crippen molar-refractivity contribution in [3.8, 4) is 0 Å². The summed E-state index contributed by atoms with van der Waals surface area (Å²) < 4.78 is 0. The molecule has 1 aromatic heterocycles. The number of carbonyl (C=O) groups is 3. The van der Waals surface area contributed by atoms with Crippen LogP contribution in [-0.4, -0.2) is 28.7 Å². The maximum Gasteiger partial charge on any atom is 0.254 e. The Kier molecular flexibility index (Phi) is 4.51. The Morgan fingerprint density at radius 1 is 1.17 bits per heavy atom. The summed E-state index contributed by atoms with van der Waals surface area (Å²) in [4.78, 5) is 40.3. The molecule has 7 heteroatoms. The summed E-state index contributed by atoms with van der Waals surface area (Å²) in [6, 6.07) is 9.46. The third-order valence-electron chi connectivity index (χ3n) is 3.66.